The summed E-state index contributed by atoms with van der Waals surface area (Å²) in [4.78, 5) is 11.8. The third kappa shape index (κ3) is 2.68. The molecule has 0 radical (unpaired) electrons. The summed E-state index contributed by atoms with van der Waals surface area (Å²) in [5.74, 6) is 0.945. The highest BCUT2D eigenvalue weighted by atomic mass is 19.1. The Hall–Kier alpha value is -1.10. The van der Waals surface area contributed by atoms with Crippen LogP contribution in [0.4, 0.5) is 9.18 Å². The van der Waals surface area contributed by atoms with E-state index in [4.69, 9.17) is 10.5 Å². The van der Waals surface area contributed by atoms with Crippen molar-refractivity contribution in [3.05, 3.63) is 12.2 Å². The Morgan fingerprint density at radius 1 is 1.30 bits per heavy atom. The summed E-state index contributed by atoms with van der Waals surface area (Å²) in [6.07, 6.45) is 7.02. The van der Waals surface area contributed by atoms with E-state index in [0.717, 1.165) is 19.3 Å². The van der Waals surface area contributed by atoms with Gasteiger partial charge in [0.15, 0.2) is 0 Å². The zero-order valence-electron chi connectivity index (χ0n) is 11.7. The number of rotatable bonds is 4. The summed E-state index contributed by atoms with van der Waals surface area (Å²) in [6.45, 7) is 0.886. The number of amides is 1. The second-order valence-electron chi connectivity index (χ2n) is 6.58. The molecule has 3 N–H and O–H groups in total. The largest absolute Gasteiger partial charge is 0.446 e. The second-order valence-corrected chi connectivity index (χ2v) is 6.58. The summed E-state index contributed by atoms with van der Waals surface area (Å²) >= 11 is 0. The Bertz CT molecular complexity index is 397. The highest BCUT2D eigenvalue weighted by molar-refractivity contribution is 5.67. The zero-order valence-corrected chi connectivity index (χ0v) is 11.7. The van der Waals surface area contributed by atoms with Crippen LogP contribution < -0.4 is 11.1 Å². The minimum absolute atomic E-state index is 0.0890. The Labute approximate surface area is 118 Å². The molecule has 4 nitrogen and oxygen atoms in total. The van der Waals surface area contributed by atoms with E-state index >= 15 is 0 Å². The van der Waals surface area contributed by atoms with Crippen molar-refractivity contribution in [1.29, 1.82) is 0 Å². The predicted octanol–water partition coefficient (Wildman–Crippen LogP) is 2.14. The standard InChI is InChI=1S/C15H23FN2O2/c16-15-7-10-5-11(8-15)13(12(6-10)9-15)20-14(19)18-4-2-1-3-17/h1-2,10-13H,3-9,17H2,(H,18,19)/b2-1+. The van der Waals surface area contributed by atoms with E-state index in [-0.39, 0.29) is 17.9 Å². The van der Waals surface area contributed by atoms with Crippen molar-refractivity contribution in [1.82, 2.24) is 5.32 Å². The first-order valence-electron chi connectivity index (χ1n) is 7.58. The number of hydrogen-bond acceptors (Lipinski definition) is 3. The monoisotopic (exact) mass is 282 g/mol. The zero-order chi connectivity index (χ0) is 14.2. The Kier molecular flexibility index (Phi) is 3.71. The van der Waals surface area contributed by atoms with Crippen LogP contribution >= 0.6 is 0 Å². The van der Waals surface area contributed by atoms with Gasteiger partial charge in [0.25, 0.3) is 0 Å². The Morgan fingerprint density at radius 2 is 2.00 bits per heavy atom. The van der Waals surface area contributed by atoms with Crippen LogP contribution in [-0.2, 0) is 4.74 Å². The van der Waals surface area contributed by atoms with Crippen LogP contribution in [-0.4, -0.2) is 31.0 Å². The van der Waals surface area contributed by atoms with Gasteiger partial charge in [-0.05, 0) is 49.9 Å². The fraction of sp³-hybridized carbons (Fsp3) is 0.800. The van der Waals surface area contributed by atoms with Crippen LogP contribution in [0.15, 0.2) is 12.2 Å². The van der Waals surface area contributed by atoms with Crippen molar-refractivity contribution in [3.8, 4) is 0 Å². The van der Waals surface area contributed by atoms with E-state index in [2.05, 4.69) is 5.32 Å². The molecule has 4 rings (SSSR count). The van der Waals surface area contributed by atoms with Gasteiger partial charge < -0.3 is 15.8 Å². The van der Waals surface area contributed by atoms with Crippen LogP contribution in [0.1, 0.15) is 32.1 Å². The average molecular weight is 282 g/mol. The van der Waals surface area contributed by atoms with Gasteiger partial charge >= 0.3 is 6.09 Å². The summed E-state index contributed by atoms with van der Waals surface area (Å²) in [5, 5.41) is 2.69. The van der Waals surface area contributed by atoms with Crippen molar-refractivity contribution >= 4 is 6.09 Å². The minimum Gasteiger partial charge on any atom is -0.446 e. The molecular formula is C15H23FN2O2. The minimum atomic E-state index is -0.975. The summed E-state index contributed by atoms with van der Waals surface area (Å²) in [5.41, 5.74) is 4.34. The highest BCUT2D eigenvalue weighted by Gasteiger charge is 2.57. The van der Waals surface area contributed by atoms with Crippen LogP contribution in [0.3, 0.4) is 0 Å². The quantitative estimate of drug-likeness (QED) is 0.777. The molecular weight excluding hydrogens is 259 g/mol. The Balaban J connectivity index is 1.54. The summed E-state index contributed by atoms with van der Waals surface area (Å²) < 4.78 is 20.1. The van der Waals surface area contributed by atoms with Crippen LogP contribution in [0.2, 0.25) is 0 Å². The van der Waals surface area contributed by atoms with Gasteiger partial charge in [-0.2, -0.15) is 0 Å². The molecule has 4 fully saturated rings. The van der Waals surface area contributed by atoms with Crippen LogP contribution in [0.25, 0.3) is 0 Å². The molecule has 4 bridgehead atoms. The molecule has 2 atom stereocenters. The number of hydrogen-bond donors (Lipinski definition) is 2. The molecule has 5 heteroatoms. The lowest BCUT2D eigenvalue weighted by molar-refractivity contribution is -0.144. The maximum Gasteiger partial charge on any atom is 0.407 e. The summed E-state index contributed by atoms with van der Waals surface area (Å²) in [7, 11) is 0. The summed E-state index contributed by atoms with van der Waals surface area (Å²) in [6, 6.07) is 0. The van der Waals surface area contributed by atoms with Crippen molar-refractivity contribution in [2.24, 2.45) is 23.5 Å². The van der Waals surface area contributed by atoms with E-state index in [1.165, 1.54) is 0 Å². The number of alkyl carbamates (subject to hydrolysis) is 1. The highest BCUT2D eigenvalue weighted by Crippen LogP contribution is 2.58. The first-order valence-corrected chi connectivity index (χ1v) is 7.58. The molecule has 0 aromatic rings. The van der Waals surface area contributed by atoms with Crippen molar-refractivity contribution < 1.29 is 13.9 Å². The van der Waals surface area contributed by atoms with E-state index in [1.807, 2.05) is 0 Å². The van der Waals surface area contributed by atoms with Gasteiger partial charge in [-0.25, -0.2) is 9.18 Å². The van der Waals surface area contributed by atoms with Gasteiger partial charge in [0.05, 0.1) is 0 Å². The molecule has 112 valence electrons. The number of ether oxygens (including phenoxy) is 1. The lowest BCUT2D eigenvalue weighted by Crippen LogP contribution is -2.56. The molecule has 20 heavy (non-hydrogen) atoms. The maximum absolute atomic E-state index is 14.5. The maximum atomic E-state index is 14.5. The lowest BCUT2D eigenvalue weighted by atomic mass is 9.53. The first kappa shape index (κ1) is 13.9. The normalized spacial score (nSPS) is 42.1. The SMILES string of the molecule is NC/C=C/CNC(=O)OC1C2CC3CC1CC(F)(C3)C2. The van der Waals surface area contributed by atoms with Gasteiger partial charge in [0, 0.05) is 13.1 Å². The molecule has 4 aliphatic rings. The number of halogens is 1. The van der Waals surface area contributed by atoms with Gasteiger partial charge in [0.2, 0.25) is 0 Å². The van der Waals surface area contributed by atoms with E-state index < -0.39 is 11.8 Å². The third-order valence-electron chi connectivity index (χ3n) is 5.02. The van der Waals surface area contributed by atoms with E-state index in [1.54, 1.807) is 12.2 Å². The van der Waals surface area contributed by atoms with Gasteiger partial charge in [-0.3, -0.25) is 0 Å². The van der Waals surface area contributed by atoms with Gasteiger partial charge in [0.1, 0.15) is 11.8 Å². The predicted molar refractivity (Wildman–Crippen MR) is 73.9 cm³/mol. The first-order chi connectivity index (χ1) is 9.59. The van der Waals surface area contributed by atoms with Gasteiger partial charge in [-0.1, -0.05) is 12.2 Å². The molecule has 0 aliphatic heterocycles. The topological polar surface area (TPSA) is 64.3 Å². The second kappa shape index (κ2) is 5.35. The molecule has 0 saturated heterocycles. The van der Waals surface area contributed by atoms with Crippen molar-refractivity contribution in [2.45, 2.75) is 43.9 Å². The fourth-order valence-electron chi connectivity index (χ4n) is 4.56. The van der Waals surface area contributed by atoms with Crippen LogP contribution in [0.5, 0.6) is 0 Å². The molecule has 4 saturated carbocycles. The lowest BCUT2D eigenvalue weighted by Gasteiger charge is -2.55. The number of carbonyl (C=O) groups is 1. The third-order valence-corrected chi connectivity index (χ3v) is 5.02. The number of alkyl halides is 1. The molecule has 0 heterocycles. The number of nitrogens with one attached hydrogen (secondary N) is 1. The number of nitrogens with two attached hydrogens (primary N) is 1. The van der Waals surface area contributed by atoms with E-state index in [0.29, 0.717) is 31.8 Å². The molecule has 2 unspecified atom stereocenters. The fourth-order valence-corrected chi connectivity index (χ4v) is 4.56. The molecule has 4 aliphatic carbocycles. The molecule has 1 amide bonds. The molecule has 0 spiro atoms. The van der Waals surface area contributed by atoms with E-state index in [9.17, 15) is 9.18 Å². The average Bonchev–Trinajstić information content (AvgIpc) is 2.37. The smallest absolute Gasteiger partial charge is 0.407 e. The number of carbonyl (C=O) groups excluding carboxylic acids is 1. The van der Waals surface area contributed by atoms with Gasteiger partial charge in [-0.15, -0.1) is 0 Å². The molecule has 0 aromatic carbocycles. The van der Waals surface area contributed by atoms with Crippen molar-refractivity contribution in [3.63, 3.8) is 0 Å². The van der Waals surface area contributed by atoms with Crippen LogP contribution in [0, 0.1) is 17.8 Å². The molecule has 0 aromatic heterocycles. The Morgan fingerprint density at radius 3 is 2.60 bits per heavy atom. The van der Waals surface area contributed by atoms with Crippen molar-refractivity contribution in [2.75, 3.05) is 13.1 Å².